The third kappa shape index (κ3) is 3.32. The smallest absolute Gasteiger partial charge is 0.000710 e. The maximum absolute atomic E-state index is 2.62. The molecule has 0 amide bonds. The lowest BCUT2D eigenvalue weighted by Crippen LogP contribution is -1.96. The van der Waals surface area contributed by atoms with Gasteiger partial charge in [0.15, 0.2) is 0 Å². The molecule has 0 bridgehead atoms. The first kappa shape index (κ1) is 24.2. The van der Waals surface area contributed by atoms with E-state index in [1.807, 2.05) is 0 Å². The molecule has 0 fully saturated rings. The summed E-state index contributed by atoms with van der Waals surface area (Å²) in [6, 6.07) is 28.4. The molecule has 0 N–H and O–H groups in total. The van der Waals surface area contributed by atoms with Crippen molar-refractivity contribution < 1.29 is 0 Å². The first-order valence-corrected chi connectivity index (χ1v) is 15.8. The van der Waals surface area contributed by atoms with Crippen LogP contribution < -0.4 is 0 Å². The number of aryl methyl sites for hydroxylation is 2. The predicted octanol–water partition coefficient (Wildman–Crippen LogP) is 12.3. The highest BCUT2D eigenvalue weighted by Gasteiger charge is 2.26. The van der Waals surface area contributed by atoms with Crippen LogP contribution in [0, 0.1) is 0 Å². The van der Waals surface area contributed by atoms with Crippen LogP contribution in [0.4, 0.5) is 0 Å². The minimum Gasteiger partial charge on any atom is -0.0654 e. The van der Waals surface area contributed by atoms with Crippen LogP contribution in [-0.2, 0) is 12.8 Å². The molecule has 0 aliphatic rings. The van der Waals surface area contributed by atoms with E-state index in [-0.39, 0.29) is 0 Å². The quantitative estimate of drug-likeness (QED) is 0.125. The van der Waals surface area contributed by atoms with Crippen LogP contribution in [-0.4, -0.2) is 0 Å². The van der Waals surface area contributed by atoms with Crippen LogP contribution >= 0.6 is 0 Å². The highest BCUT2D eigenvalue weighted by Crippen LogP contribution is 2.54. The molecule has 0 aliphatic carbocycles. The predicted molar refractivity (Wildman–Crippen MR) is 178 cm³/mol. The molecule has 0 saturated carbocycles. The van der Waals surface area contributed by atoms with E-state index in [0.717, 1.165) is 0 Å². The SMILES string of the molecule is CCCCCCc1cc2c3ccccc3c3ccc4c5ccccc5c5cc(CCCCCC)c1c1c2c3c4c51. The molecule has 0 spiro atoms. The first-order chi connectivity index (χ1) is 19.8. The van der Waals surface area contributed by atoms with Gasteiger partial charge in [-0.15, -0.1) is 0 Å². The van der Waals surface area contributed by atoms with Gasteiger partial charge in [-0.25, -0.2) is 0 Å². The lowest BCUT2D eigenvalue weighted by molar-refractivity contribution is 0.665. The van der Waals surface area contributed by atoms with E-state index in [9.17, 15) is 0 Å². The molecule has 0 radical (unpaired) electrons. The van der Waals surface area contributed by atoms with Crippen molar-refractivity contribution in [1.29, 1.82) is 0 Å². The summed E-state index contributed by atoms with van der Waals surface area (Å²) in [6.45, 7) is 4.64. The molecular weight excluding hydrogens is 480 g/mol. The Labute approximate surface area is 237 Å². The van der Waals surface area contributed by atoms with Gasteiger partial charge in [-0.1, -0.05) is 113 Å². The Hall–Kier alpha value is -3.64. The summed E-state index contributed by atoms with van der Waals surface area (Å²) in [4.78, 5) is 0. The summed E-state index contributed by atoms with van der Waals surface area (Å²) < 4.78 is 0. The van der Waals surface area contributed by atoms with Crippen molar-refractivity contribution in [3.63, 3.8) is 0 Å². The summed E-state index contributed by atoms with van der Waals surface area (Å²) >= 11 is 0. The Morgan fingerprint density at radius 1 is 0.350 bits per heavy atom. The molecule has 0 saturated heterocycles. The maximum Gasteiger partial charge on any atom is -0.000710 e. The standard InChI is InChI=1S/C40H38/c1-3-5-7-9-15-25-23-33-29-19-13-11-17-27(29)31-21-22-32-28-18-12-14-20-30(28)34-24-26(16-10-8-6-4-2)35(25)40-38(33)36(31)37(32)39(34)40/h11-14,17-24H,3-10,15-16H2,1-2H3. The van der Waals surface area contributed by atoms with Crippen LogP contribution in [0.3, 0.4) is 0 Å². The zero-order chi connectivity index (χ0) is 26.8. The second kappa shape index (κ2) is 9.48. The first-order valence-electron chi connectivity index (χ1n) is 15.8. The fraction of sp³-hybridized carbons (Fsp3) is 0.300. The molecule has 0 aromatic heterocycles. The molecule has 198 valence electrons. The van der Waals surface area contributed by atoms with Crippen LogP contribution in [0.1, 0.15) is 76.3 Å². The second-order valence-electron chi connectivity index (χ2n) is 12.3. The van der Waals surface area contributed by atoms with Gasteiger partial charge in [0.1, 0.15) is 0 Å². The average Bonchev–Trinajstić information content (AvgIpc) is 3.36. The molecule has 0 unspecified atom stereocenters. The van der Waals surface area contributed by atoms with Gasteiger partial charge in [0.2, 0.25) is 0 Å². The summed E-state index contributed by atoms with van der Waals surface area (Å²) in [5, 5.41) is 20.6. The third-order valence-electron chi connectivity index (χ3n) is 9.89. The summed E-state index contributed by atoms with van der Waals surface area (Å²) in [7, 11) is 0. The lowest BCUT2D eigenvalue weighted by Gasteiger charge is -2.17. The van der Waals surface area contributed by atoms with Crippen LogP contribution in [0.25, 0.3) is 75.4 Å². The summed E-state index contributed by atoms with van der Waals surface area (Å²) in [5.74, 6) is 0. The fourth-order valence-electron chi connectivity index (χ4n) is 8.11. The van der Waals surface area contributed by atoms with Crippen molar-refractivity contribution in [1.82, 2.24) is 0 Å². The van der Waals surface area contributed by atoms with Crippen LogP contribution in [0.5, 0.6) is 0 Å². The van der Waals surface area contributed by atoms with Gasteiger partial charge >= 0.3 is 0 Å². The van der Waals surface area contributed by atoms with E-state index in [4.69, 9.17) is 0 Å². The Morgan fingerprint density at radius 3 is 1.18 bits per heavy atom. The molecule has 8 rings (SSSR count). The van der Waals surface area contributed by atoms with Gasteiger partial charge in [-0.05, 0) is 124 Å². The second-order valence-corrected chi connectivity index (χ2v) is 12.3. The molecule has 8 aromatic rings. The van der Waals surface area contributed by atoms with Crippen LogP contribution in [0.2, 0.25) is 0 Å². The van der Waals surface area contributed by atoms with Crippen molar-refractivity contribution in [3.05, 3.63) is 83.9 Å². The van der Waals surface area contributed by atoms with E-state index in [1.54, 1.807) is 21.9 Å². The van der Waals surface area contributed by atoms with Gasteiger partial charge in [0.25, 0.3) is 0 Å². The summed E-state index contributed by atoms with van der Waals surface area (Å²) in [6.07, 6.45) is 12.8. The topological polar surface area (TPSA) is 0 Å². The highest BCUT2D eigenvalue weighted by molar-refractivity contribution is 6.51. The van der Waals surface area contributed by atoms with Crippen molar-refractivity contribution in [2.24, 2.45) is 0 Å². The molecule has 0 heterocycles. The molecule has 0 aliphatic heterocycles. The largest absolute Gasteiger partial charge is 0.0654 e. The minimum atomic E-state index is 1.18. The zero-order valence-electron chi connectivity index (χ0n) is 24.0. The van der Waals surface area contributed by atoms with Crippen molar-refractivity contribution in [2.75, 3.05) is 0 Å². The highest BCUT2D eigenvalue weighted by atomic mass is 14.3. The van der Waals surface area contributed by atoms with Crippen molar-refractivity contribution >= 4 is 75.4 Å². The Kier molecular flexibility index (Phi) is 5.73. The number of hydrogen-bond donors (Lipinski definition) is 0. The van der Waals surface area contributed by atoms with Gasteiger partial charge in [0, 0.05) is 0 Å². The van der Waals surface area contributed by atoms with Crippen LogP contribution in [0.15, 0.2) is 72.8 Å². The monoisotopic (exact) mass is 518 g/mol. The Bertz CT molecular complexity index is 1980. The van der Waals surface area contributed by atoms with Gasteiger partial charge < -0.3 is 0 Å². The zero-order valence-corrected chi connectivity index (χ0v) is 24.0. The molecule has 0 heteroatoms. The third-order valence-corrected chi connectivity index (χ3v) is 9.89. The average molecular weight is 519 g/mol. The molecule has 8 aromatic carbocycles. The Morgan fingerprint density at radius 2 is 0.750 bits per heavy atom. The van der Waals surface area contributed by atoms with Gasteiger partial charge in [0.05, 0.1) is 0 Å². The van der Waals surface area contributed by atoms with E-state index in [1.165, 1.54) is 129 Å². The number of rotatable bonds is 10. The normalized spacial score (nSPS) is 12.8. The van der Waals surface area contributed by atoms with E-state index in [2.05, 4.69) is 86.6 Å². The number of fused-ring (bicyclic) bond motifs is 6. The maximum atomic E-state index is 2.62. The number of unbranched alkanes of at least 4 members (excludes halogenated alkanes) is 6. The van der Waals surface area contributed by atoms with E-state index >= 15 is 0 Å². The Balaban J connectivity index is 1.57. The fourth-order valence-corrected chi connectivity index (χ4v) is 8.11. The summed E-state index contributed by atoms with van der Waals surface area (Å²) in [5.41, 5.74) is 3.18. The van der Waals surface area contributed by atoms with Gasteiger partial charge in [-0.2, -0.15) is 0 Å². The number of hydrogen-bond acceptors (Lipinski definition) is 0. The van der Waals surface area contributed by atoms with Gasteiger partial charge in [-0.3, -0.25) is 0 Å². The molecular formula is C40H38. The minimum absolute atomic E-state index is 1.18. The lowest BCUT2D eigenvalue weighted by atomic mass is 9.86. The molecule has 0 nitrogen and oxygen atoms in total. The van der Waals surface area contributed by atoms with Crippen molar-refractivity contribution in [3.8, 4) is 0 Å². The van der Waals surface area contributed by atoms with E-state index in [0.29, 0.717) is 0 Å². The molecule has 40 heavy (non-hydrogen) atoms. The number of benzene rings is 7. The molecule has 0 atom stereocenters. The van der Waals surface area contributed by atoms with Crippen molar-refractivity contribution in [2.45, 2.75) is 78.1 Å². The van der Waals surface area contributed by atoms with E-state index < -0.39 is 0 Å².